The molecule has 2 aromatic rings. The van der Waals surface area contributed by atoms with Gasteiger partial charge in [0.15, 0.2) is 5.78 Å². The molecule has 0 heterocycles. The number of hydrogen-bond acceptors (Lipinski definition) is 3. The van der Waals surface area contributed by atoms with Gasteiger partial charge in [0.2, 0.25) is 0 Å². The van der Waals surface area contributed by atoms with Crippen molar-refractivity contribution in [3.8, 4) is 5.75 Å². The van der Waals surface area contributed by atoms with Crippen molar-refractivity contribution in [2.75, 3.05) is 0 Å². The highest BCUT2D eigenvalue weighted by molar-refractivity contribution is 6.09. The Morgan fingerprint density at radius 1 is 1.11 bits per heavy atom. The average molecular weight is 254 g/mol. The number of benzene rings is 2. The van der Waals surface area contributed by atoms with Gasteiger partial charge in [0, 0.05) is 11.6 Å². The number of aliphatic hydroxyl groups excluding tert-OH is 1. The zero-order valence-electron chi connectivity index (χ0n) is 10.5. The third-order valence-corrected chi connectivity index (χ3v) is 2.76. The lowest BCUT2D eigenvalue weighted by atomic mass is 10.1. The van der Waals surface area contributed by atoms with Gasteiger partial charge in [-0.1, -0.05) is 36.4 Å². The molecule has 0 saturated carbocycles. The molecule has 0 fully saturated rings. The number of aryl methyl sites for hydroxylation is 1. The van der Waals surface area contributed by atoms with Gasteiger partial charge in [-0.2, -0.15) is 0 Å². The third kappa shape index (κ3) is 3.01. The molecule has 0 bridgehead atoms. The number of hydrogen-bond donors (Lipinski definition) is 2. The number of rotatable bonds is 3. The topological polar surface area (TPSA) is 57.5 Å². The van der Waals surface area contributed by atoms with E-state index in [4.69, 9.17) is 0 Å². The van der Waals surface area contributed by atoms with Crippen LogP contribution in [0.4, 0.5) is 0 Å². The molecule has 0 unspecified atom stereocenters. The molecule has 0 aliphatic heterocycles. The number of aliphatic hydroxyl groups is 1. The van der Waals surface area contributed by atoms with Crippen LogP contribution in [0.1, 0.15) is 21.5 Å². The lowest BCUT2D eigenvalue weighted by Crippen LogP contribution is -1.97. The fourth-order valence-electron chi connectivity index (χ4n) is 1.74. The quantitative estimate of drug-likeness (QED) is 0.501. The molecule has 96 valence electrons. The molecule has 0 spiro atoms. The van der Waals surface area contributed by atoms with Crippen LogP contribution in [0.2, 0.25) is 0 Å². The van der Waals surface area contributed by atoms with E-state index in [9.17, 15) is 15.0 Å². The fraction of sp³-hybridized carbons (Fsp3) is 0.0625. The summed E-state index contributed by atoms with van der Waals surface area (Å²) in [6, 6.07) is 13.6. The maximum absolute atomic E-state index is 12.0. The summed E-state index contributed by atoms with van der Waals surface area (Å²) in [5.74, 6) is -0.633. The highest BCUT2D eigenvalue weighted by Crippen LogP contribution is 2.21. The summed E-state index contributed by atoms with van der Waals surface area (Å²) in [6.45, 7) is 1.82. The normalized spacial score (nSPS) is 11.3. The van der Waals surface area contributed by atoms with E-state index in [1.807, 2.05) is 13.0 Å². The second-order valence-electron chi connectivity index (χ2n) is 4.28. The summed E-state index contributed by atoms with van der Waals surface area (Å²) in [7, 11) is 0. The first-order valence-corrected chi connectivity index (χ1v) is 5.88. The molecule has 3 nitrogen and oxygen atoms in total. The van der Waals surface area contributed by atoms with Crippen LogP contribution in [0.3, 0.4) is 0 Å². The lowest BCUT2D eigenvalue weighted by molar-refractivity contribution is 0.104. The number of phenolic OH excluding ortho intramolecular Hbond substituents is 1. The molecular formula is C16H14O3. The predicted molar refractivity (Wildman–Crippen MR) is 74.2 cm³/mol. The third-order valence-electron chi connectivity index (χ3n) is 2.76. The van der Waals surface area contributed by atoms with E-state index in [1.165, 1.54) is 6.07 Å². The van der Waals surface area contributed by atoms with Crippen molar-refractivity contribution in [1.29, 1.82) is 0 Å². The lowest BCUT2D eigenvalue weighted by Gasteiger charge is -2.03. The van der Waals surface area contributed by atoms with Gasteiger partial charge >= 0.3 is 0 Å². The first kappa shape index (κ1) is 12.9. The number of carbonyl (C=O) groups is 1. The van der Waals surface area contributed by atoms with Crippen LogP contribution < -0.4 is 0 Å². The highest BCUT2D eigenvalue weighted by Gasteiger charge is 2.10. The minimum atomic E-state index is -0.432. The van der Waals surface area contributed by atoms with Gasteiger partial charge in [0.05, 0.1) is 5.56 Å². The Morgan fingerprint density at radius 3 is 2.42 bits per heavy atom. The molecular weight excluding hydrogens is 240 g/mol. The molecule has 0 aliphatic carbocycles. The van der Waals surface area contributed by atoms with E-state index in [-0.39, 0.29) is 17.1 Å². The van der Waals surface area contributed by atoms with Crippen molar-refractivity contribution in [2.24, 2.45) is 0 Å². The number of carbonyl (C=O) groups excluding carboxylic acids is 1. The van der Waals surface area contributed by atoms with Crippen LogP contribution in [0.15, 0.2) is 54.6 Å². The first-order valence-electron chi connectivity index (χ1n) is 5.88. The Labute approximate surface area is 111 Å². The number of ketones is 1. The van der Waals surface area contributed by atoms with E-state index >= 15 is 0 Å². The van der Waals surface area contributed by atoms with Crippen molar-refractivity contribution in [2.45, 2.75) is 6.92 Å². The highest BCUT2D eigenvalue weighted by atomic mass is 16.3. The maximum Gasteiger partial charge on any atom is 0.193 e. The van der Waals surface area contributed by atoms with Crippen molar-refractivity contribution in [1.82, 2.24) is 0 Å². The molecule has 0 saturated heterocycles. The Bertz CT molecular complexity index is 628. The van der Waals surface area contributed by atoms with Gasteiger partial charge in [-0.05, 0) is 24.6 Å². The average Bonchev–Trinajstić information content (AvgIpc) is 2.39. The molecule has 2 rings (SSSR count). The first-order chi connectivity index (χ1) is 9.08. The van der Waals surface area contributed by atoms with Crippen molar-refractivity contribution >= 4 is 11.5 Å². The summed E-state index contributed by atoms with van der Waals surface area (Å²) < 4.78 is 0. The van der Waals surface area contributed by atoms with Gasteiger partial charge < -0.3 is 10.2 Å². The Kier molecular flexibility index (Phi) is 3.66. The van der Waals surface area contributed by atoms with E-state index in [2.05, 4.69) is 0 Å². The standard InChI is InChI=1S/C16H14O3/c1-11-7-8-13(15(18)9-11)16(19)10-14(17)12-5-3-2-4-6-12/h2-10,17-18H,1H3. The summed E-state index contributed by atoms with van der Waals surface area (Å²) >= 11 is 0. The Balaban J connectivity index is 2.30. The molecule has 0 aromatic heterocycles. The largest absolute Gasteiger partial charge is 0.507 e. The number of allylic oxidation sites excluding steroid dienone is 1. The van der Waals surface area contributed by atoms with E-state index in [1.54, 1.807) is 36.4 Å². The second kappa shape index (κ2) is 5.40. The maximum atomic E-state index is 12.0. The minimum absolute atomic E-state index is 0.0814. The Morgan fingerprint density at radius 2 is 1.79 bits per heavy atom. The number of phenols is 1. The van der Waals surface area contributed by atoms with Crippen LogP contribution in [0, 0.1) is 6.92 Å². The van der Waals surface area contributed by atoms with Gasteiger partial charge in [0.25, 0.3) is 0 Å². The molecule has 0 aliphatic rings. The van der Waals surface area contributed by atoms with Crippen molar-refractivity contribution in [3.63, 3.8) is 0 Å². The van der Waals surface area contributed by atoms with Crippen LogP contribution in [-0.2, 0) is 0 Å². The van der Waals surface area contributed by atoms with Crippen molar-refractivity contribution in [3.05, 3.63) is 71.3 Å². The Hall–Kier alpha value is -2.55. The SMILES string of the molecule is Cc1ccc(C(=O)C=C(O)c2ccccc2)c(O)c1. The molecule has 3 heteroatoms. The summed E-state index contributed by atoms with van der Waals surface area (Å²) in [5, 5.41) is 19.6. The smallest absolute Gasteiger partial charge is 0.193 e. The molecule has 0 atom stereocenters. The summed E-state index contributed by atoms with van der Waals surface area (Å²) in [6.07, 6.45) is 1.11. The molecule has 2 aromatic carbocycles. The second-order valence-corrected chi connectivity index (χ2v) is 4.28. The summed E-state index contributed by atoms with van der Waals surface area (Å²) in [5.41, 5.74) is 1.60. The van der Waals surface area contributed by atoms with Gasteiger partial charge in [-0.25, -0.2) is 0 Å². The predicted octanol–water partition coefficient (Wildman–Crippen LogP) is 3.48. The van der Waals surface area contributed by atoms with Crippen LogP contribution in [0.5, 0.6) is 5.75 Å². The monoisotopic (exact) mass is 254 g/mol. The van der Waals surface area contributed by atoms with Gasteiger partial charge in [-0.15, -0.1) is 0 Å². The van der Waals surface area contributed by atoms with Crippen molar-refractivity contribution < 1.29 is 15.0 Å². The molecule has 0 amide bonds. The van der Waals surface area contributed by atoms with E-state index in [0.29, 0.717) is 5.56 Å². The van der Waals surface area contributed by atoms with E-state index < -0.39 is 5.78 Å². The van der Waals surface area contributed by atoms with Gasteiger partial charge in [-0.3, -0.25) is 4.79 Å². The summed E-state index contributed by atoms with van der Waals surface area (Å²) in [4.78, 5) is 12.0. The molecule has 2 N–H and O–H groups in total. The van der Waals surface area contributed by atoms with Crippen LogP contribution in [0.25, 0.3) is 5.76 Å². The van der Waals surface area contributed by atoms with E-state index in [0.717, 1.165) is 11.6 Å². The molecule has 0 radical (unpaired) electrons. The zero-order valence-corrected chi connectivity index (χ0v) is 10.5. The van der Waals surface area contributed by atoms with Crippen LogP contribution >= 0.6 is 0 Å². The van der Waals surface area contributed by atoms with Crippen LogP contribution in [-0.4, -0.2) is 16.0 Å². The minimum Gasteiger partial charge on any atom is -0.507 e. The molecule has 19 heavy (non-hydrogen) atoms. The fourth-order valence-corrected chi connectivity index (χ4v) is 1.74. The van der Waals surface area contributed by atoms with Gasteiger partial charge in [0.1, 0.15) is 11.5 Å². The number of aromatic hydroxyl groups is 1. The zero-order chi connectivity index (χ0) is 13.8.